The molecule has 0 unspecified atom stereocenters. The van der Waals surface area contributed by atoms with Crippen LogP contribution in [-0.4, -0.2) is 69.0 Å². The van der Waals surface area contributed by atoms with Gasteiger partial charge in [0.1, 0.15) is 19.8 Å². The second-order valence-electron chi connectivity index (χ2n) is 15.8. The van der Waals surface area contributed by atoms with Gasteiger partial charge < -0.3 is 24.7 Å². The minimum Gasteiger partial charge on any atom is -0.471 e. The molecule has 0 saturated heterocycles. The molecule has 0 aliphatic heterocycles. The second-order valence-corrected chi connectivity index (χ2v) is 16.5. The van der Waals surface area contributed by atoms with Gasteiger partial charge in [0.2, 0.25) is 0 Å². The van der Waals surface area contributed by atoms with Crippen molar-refractivity contribution >= 4 is 86.4 Å². The Morgan fingerprint density at radius 3 is 0.937 bits per heavy atom. The van der Waals surface area contributed by atoms with Crippen molar-refractivity contribution in [2.45, 2.75) is 23.4 Å². The first-order chi connectivity index (χ1) is 30.9. The van der Waals surface area contributed by atoms with Crippen LogP contribution < -0.4 is 15.1 Å². The third-order valence-electron chi connectivity index (χ3n) is 12.6. The molecule has 6 aromatic carbocycles. The number of nitrogens with one attached hydrogen (secondary N) is 3. The zero-order valence-electron chi connectivity index (χ0n) is 33.9. The molecule has 0 saturated carbocycles. The van der Waals surface area contributed by atoms with Gasteiger partial charge in [0.25, 0.3) is 17.6 Å². The van der Waals surface area contributed by atoms with Crippen LogP contribution >= 0.6 is 37.3 Å². The third-order valence-corrected chi connectivity index (χ3v) is 13.2. The molecule has 63 heavy (non-hydrogen) atoms. The zero-order chi connectivity index (χ0) is 43.5. The monoisotopic (exact) mass is 883 g/mol. The van der Waals surface area contributed by atoms with Crippen LogP contribution in [0.25, 0.3) is 33.4 Å². The van der Waals surface area contributed by atoms with Gasteiger partial charge in [-0.2, -0.15) is 0 Å². The fourth-order valence-electron chi connectivity index (χ4n) is 9.78. The van der Waals surface area contributed by atoms with E-state index in [1.54, 1.807) is 0 Å². The highest BCUT2D eigenvalue weighted by Crippen LogP contribution is 2.47. The van der Waals surface area contributed by atoms with Crippen LogP contribution in [0.2, 0.25) is 5.62 Å². The average molecular weight is 884 g/mol. The number of hydrogen-bond donors (Lipinski definition) is 4. The Kier molecular flexibility index (Phi) is 12.6. The lowest BCUT2D eigenvalue weighted by Gasteiger charge is -2.30. The molecule has 0 amide bonds. The molecule has 0 aromatic heterocycles. The first-order valence-electron chi connectivity index (χ1n) is 20.8. The molecule has 3 N–H and O–H groups in total. The minimum atomic E-state index is -1.40. The van der Waals surface area contributed by atoms with Crippen LogP contribution in [0.1, 0.15) is 51.1 Å². The van der Waals surface area contributed by atoms with Crippen LogP contribution in [0.15, 0.2) is 146 Å². The van der Waals surface area contributed by atoms with Crippen molar-refractivity contribution in [1.29, 1.82) is 0 Å². The fourth-order valence-corrected chi connectivity index (χ4v) is 10.3. The average Bonchev–Trinajstić information content (AvgIpc) is 3.95. The fraction of sp³-hybridized carbons (Fsp3) is 0.146. The Labute approximate surface area is 383 Å². The summed E-state index contributed by atoms with van der Waals surface area (Å²) in [5, 5.41) is 5.89. The van der Waals surface area contributed by atoms with Gasteiger partial charge >= 0.3 is 20.5 Å². The molecule has 0 heterocycles. The molecule has 9 rings (SSSR count). The highest BCUT2D eigenvalue weighted by molar-refractivity contribution is 7.80. The summed E-state index contributed by atoms with van der Waals surface area (Å²) in [6.45, 7) is -4.25. The zero-order valence-corrected chi connectivity index (χ0v) is 36.4. The van der Waals surface area contributed by atoms with Crippen LogP contribution in [0.3, 0.4) is 0 Å². The molecular formula is C48H40B3N3O6S3. The standard InChI is InChI=1S/C48H40B3N3O6S3/c55-46(58-25-42-36-19-7-1-13-30(36)31-14-2-8-20-37(31)42)49(52-28-61)45(51(54-63)48(57)60-27-44-40-23-11-5-17-34(40)35-18-6-12-24-41(35)44)50(53-29-62)47(56)59-26-43-38-21-9-3-15-32(38)33-16-4-10-22-39(33)43/h1-24,28-29,42-45,54,63H,25-27H2,(H,52,61)(H,53,62). The molecule has 9 nitrogen and oxygen atoms in total. The normalized spacial score (nSPS) is 13.0. The molecule has 15 heteroatoms. The van der Waals surface area contributed by atoms with E-state index in [1.807, 2.05) is 109 Å². The van der Waals surface area contributed by atoms with Crippen molar-refractivity contribution in [2.75, 3.05) is 19.8 Å². The van der Waals surface area contributed by atoms with Crippen molar-refractivity contribution in [1.82, 2.24) is 15.1 Å². The van der Waals surface area contributed by atoms with Gasteiger partial charge in [-0.05, 0) is 72.4 Å². The lowest BCUT2D eigenvalue weighted by molar-refractivity contribution is 0.167. The molecule has 3 aliphatic rings. The van der Waals surface area contributed by atoms with Gasteiger partial charge in [-0.1, -0.05) is 170 Å². The first kappa shape index (κ1) is 42.3. The number of rotatable bonds is 17. The Morgan fingerprint density at radius 2 is 0.698 bits per heavy atom. The second kappa shape index (κ2) is 18.8. The van der Waals surface area contributed by atoms with E-state index in [0.29, 0.717) is 0 Å². The van der Waals surface area contributed by atoms with E-state index in [4.69, 9.17) is 38.6 Å². The lowest BCUT2D eigenvalue weighted by Crippen LogP contribution is -2.65. The van der Waals surface area contributed by atoms with Crippen molar-refractivity contribution in [3.05, 3.63) is 179 Å². The van der Waals surface area contributed by atoms with E-state index in [9.17, 15) is 14.4 Å². The Bertz CT molecular complexity index is 2480. The molecule has 0 atom stereocenters. The quantitative estimate of drug-likeness (QED) is 0.0304. The molecule has 3 aliphatic carbocycles. The topological polar surface area (TPSA) is 115 Å². The van der Waals surface area contributed by atoms with E-state index in [0.717, 1.165) is 66.8 Å². The smallest absolute Gasteiger partial charge is 0.379 e. The number of fused-ring (bicyclic) bond motifs is 9. The molecular weight excluding hydrogens is 843 g/mol. The number of thiol groups is 1. The number of ether oxygens (including phenoxy) is 3. The molecule has 310 valence electrons. The van der Waals surface area contributed by atoms with Crippen LogP contribution in [0.5, 0.6) is 0 Å². The van der Waals surface area contributed by atoms with Gasteiger partial charge in [-0.25, -0.2) is 0 Å². The Morgan fingerprint density at radius 1 is 0.460 bits per heavy atom. The summed E-state index contributed by atoms with van der Waals surface area (Å²) in [4.78, 5) is 43.9. The number of thiocarbonyl (C=S) groups is 2. The van der Waals surface area contributed by atoms with E-state index < -0.39 is 43.8 Å². The number of benzene rings is 6. The summed E-state index contributed by atoms with van der Waals surface area (Å²) in [6.07, 6.45) is 0. The molecule has 6 aromatic rings. The summed E-state index contributed by atoms with van der Waals surface area (Å²) < 4.78 is 21.3. The minimum absolute atomic E-state index is 0.0159. The molecule has 0 bridgehead atoms. The maximum Gasteiger partial charge on any atom is 0.379 e. The largest absolute Gasteiger partial charge is 0.471 e. The first-order valence-corrected chi connectivity index (χ1v) is 22.2. The van der Waals surface area contributed by atoms with E-state index in [1.165, 1.54) is 11.0 Å². The highest BCUT2D eigenvalue weighted by atomic mass is 32.1. The van der Waals surface area contributed by atoms with Crippen molar-refractivity contribution < 1.29 is 28.6 Å². The third kappa shape index (κ3) is 7.99. The SMILES string of the molecule is O=C(OCC1c2ccccc2-c2ccccc21)B(NS)C(B(NC=S)C(=O)OCC1c2ccccc2-c2ccccc21)B(NC=S)C(=O)OCC1c2ccccc2-c2ccccc21. The maximum atomic E-state index is 14.6. The van der Waals surface area contributed by atoms with Crippen molar-refractivity contribution in [3.63, 3.8) is 0 Å². The van der Waals surface area contributed by atoms with E-state index in [-0.39, 0.29) is 37.6 Å². The highest BCUT2D eigenvalue weighted by Gasteiger charge is 2.56. The molecule has 0 spiro atoms. The number of hydrogen-bond acceptors (Lipinski definition) is 10. The van der Waals surface area contributed by atoms with Gasteiger partial charge in [0.15, 0.2) is 0 Å². The predicted octanol–water partition coefficient (Wildman–Crippen LogP) is 9.53. The summed E-state index contributed by atoms with van der Waals surface area (Å²) in [5.74, 6) is -3.05. The van der Waals surface area contributed by atoms with Gasteiger partial charge in [-0.15, -0.1) is 12.8 Å². The number of carbonyl (C=O) groups is 3. The molecule has 0 fully saturated rings. The maximum absolute atomic E-state index is 14.6. The van der Waals surface area contributed by atoms with Crippen molar-refractivity contribution in [3.8, 4) is 33.4 Å². The molecule has 0 radical (unpaired) electrons. The van der Waals surface area contributed by atoms with Gasteiger partial charge in [-0.3, -0.25) is 19.0 Å². The summed E-state index contributed by atoms with van der Waals surface area (Å²) >= 11 is 15.0. The van der Waals surface area contributed by atoms with Crippen LogP contribution in [0, 0.1) is 0 Å². The van der Waals surface area contributed by atoms with Gasteiger partial charge in [0.05, 0.1) is 0 Å². The van der Waals surface area contributed by atoms with Gasteiger partial charge in [0, 0.05) is 28.7 Å². The summed E-state index contributed by atoms with van der Waals surface area (Å²) in [5.41, 5.74) is 13.5. The van der Waals surface area contributed by atoms with Crippen molar-refractivity contribution in [2.24, 2.45) is 0 Å². The van der Waals surface area contributed by atoms with E-state index in [2.05, 4.69) is 64.3 Å². The van der Waals surface area contributed by atoms with E-state index >= 15 is 0 Å². The van der Waals surface area contributed by atoms with Crippen LogP contribution in [-0.2, 0) is 14.2 Å². The Hall–Kier alpha value is -5.99. The summed E-state index contributed by atoms with van der Waals surface area (Å²) in [7, 11) is 0. The Balaban J connectivity index is 1.02. The summed E-state index contributed by atoms with van der Waals surface area (Å²) in [6, 6.07) is 48.1. The van der Waals surface area contributed by atoms with Crippen LogP contribution in [0.4, 0.5) is 14.4 Å². The number of carbonyl (C=O) groups excluding carboxylic acids is 3. The lowest BCUT2D eigenvalue weighted by atomic mass is 9.16. The predicted molar refractivity (Wildman–Crippen MR) is 262 cm³/mol.